The molecule has 0 radical (unpaired) electrons. The number of benzene rings is 1. The van der Waals surface area contributed by atoms with Crippen LogP contribution in [0.5, 0.6) is 0 Å². The Kier molecular flexibility index (Phi) is 4.85. The minimum absolute atomic E-state index is 0.105. The first-order chi connectivity index (χ1) is 13.0. The van der Waals surface area contributed by atoms with Crippen molar-refractivity contribution in [3.63, 3.8) is 0 Å². The van der Waals surface area contributed by atoms with E-state index >= 15 is 0 Å². The summed E-state index contributed by atoms with van der Waals surface area (Å²) in [6.07, 6.45) is 3.36. The normalized spacial score (nSPS) is 14.0. The van der Waals surface area contributed by atoms with Crippen LogP contribution in [0.25, 0.3) is 10.2 Å². The second-order valence-corrected chi connectivity index (χ2v) is 8.97. The van der Waals surface area contributed by atoms with E-state index in [0.29, 0.717) is 11.3 Å². The predicted octanol–water partition coefficient (Wildman–Crippen LogP) is 4.48. The van der Waals surface area contributed by atoms with Gasteiger partial charge in [-0.25, -0.2) is 9.97 Å². The van der Waals surface area contributed by atoms with E-state index in [1.807, 2.05) is 13.8 Å². The summed E-state index contributed by atoms with van der Waals surface area (Å²) >= 11 is 3.23. The Bertz CT molecular complexity index is 1080. The number of nitrogens with one attached hydrogen (secondary N) is 1. The lowest BCUT2D eigenvalue weighted by Gasteiger charge is -2.13. The van der Waals surface area contributed by atoms with Gasteiger partial charge in [-0.15, -0.1) is 11.3 Å². The first-order valence-corrected chi connectivity index (χ1v) is 10.5. The number of anilines is 1. The van der Waals surface area contributed by atoms with Crippen molar-refractivity contribution < 1.29 is 4.79 Å². The molecule has 3 aromatic rings. The maximum atomic E-state index is 12.7. The second kappa shape index (κ2) is 7.29. The number of carbonyl (C=O) groups is 1. The number of rotatable bonds is 4. The van der Waals surface area contributed by atoms with Crippen LogP contribution < -0.4 is 5.32 Å². The highest BCUT2D eigenvalue weighted by Crippen LogP contribution is 2.41. The van der Waals surface area contributed by atoms with Gasteiger partial charge in [0.05, 0.1) is 16.9 Å². The molecule has 1 aliphatic carbocycles. The molecule has 0 unspecified atom stereocenters. The average Bonchev–Trinajstić information content (AvgIpc) is 3.22. The van der Waals surface area contributed by atoms with E-state index in [2.05, 4.69) is 21.4 Å². The van der Waals surface area contributed by atoms with Gasteiger partial charge < -0.3 is 5.32 Å². The van der Waals surface area contributed by atoms with Crippen molar-refractivity contribution in [2.24, 2.45) is 0 Å². The minimum atomic E-state index is -0.315. The smallest absolute Gasteiger partial charge is 0.237 e. The summed E-state index contributed by atoms with van der Waals surface area (Å²) in [5, 5.41) is 13.6. The Morgan fingerprint density at radius 3 is 3.04 bits per heavy atom. The molecule has 0 saturated carbocycles. The van der Waals surface area contributed by atoms with Crippen LogP contribution in [0.4, 0.5) is 5.69 Å². The lowest BCUT2D eigenvalue weighted by atomic mass is 10.2. The highest BCUT2D eigenvalue weighted by atomic mass is 32.2. The first kappa shape index (κ1) is 18.0. The number of thioether (sulfide) groups is 1. The molecule has 2 heterocycles. The number of carbonyl (C=O) groups excluding carboxylic acids is 1. The third kappa shape index (κ3) is 3.55. The number of fused-ring (bicyclic) bond motifs is 3. The largest absolute Gasteiger partial charge is 0.325 e. The fourth-order valence-corrected chi connectivity index (χ4v) is 5.68. The molecule has 7 heteroatoms. The van der Waals surface area contributed by atoms with Crippen molar-refractivity contribution in [2.75, 3.05) is 5.32 Å². The Hall–Kier alpha value is -2.43. The standard InChI is InChI=1S/C20H18N4OS2/c1-11(18(25)24-14-6-3-5-13(9-14)10-21)26-19-17-15-7-4-8-16(15)27-20(17)23-12(2)22-19/h3,5-6,9,11H,4,7-8H2,1-2H3,(H,24,25)/t11-/m0/s1. The van der Waals surface area contributed by atoms with Gasteiger partial charge in [-0.05, 0) is 56.9 Å². The number of hydrogen-bond donors (Lipinski definition) is 1. The van der Waals surface area contributed by atoms with Crippen molar-refractivity contribution in [1.29, 1.82) is 5.26 Å². The number of amides is 1. The quantitative estimate of drug-likeness (QED) is 0.521. The summed E-state index contributed by atoms with van der Waals surface area (Å²) in [5.41, 5.74) is 2.52. The van der Waals surface area contributed by atoms with Crippen LogP contribution in [0.15, 0.2) is 29.3 Å². The van der Waals surface area contributed by atoms with Gasteiger partial charge >= 0.3 is 0 Å². The van der Waals surface area contributed by atoms with Crippen LogP contribution in [-0.4, -0.2) is 21.1 Å². The molecule has 0 saturated heterocycles. The molecule has 1 N–H and O–H groups in total. The molecule has 0 fully saturated rings. The molecular formula is C20H18N4OS2. The van der Waals surface area contributed by atoms with Crippen LogP contribution in [0, 0.1) is 18.3 Å². The predicted molar refractivity (Wildman–Crippen MR) is 109 cm³/mol. The molecule has 0 spiro atoms. The molecule has 4 rings (SSSR count). The topological polar surface area (TPSA) is 78.7 Å². The van der Waals surface area contributed by atoms with Crippen LogP contribution in [-0.2, 0) is 17.6 Å². The number of hydrogen-bond acceptors (Lipinski definition) is 6. The highest BCUT2D eigenvalue weighted by Gasteiger charge is 2.24. The Morgan fingerprint density at radius 1 is 1.37 bits per heavy atom. The summed E-state index contributed by atoms with van der Waals surface area (Å²) in [6, 6.07) is 9.02. The molecule has 1 atom stereocenters. The summed E-state index contributed by atoms with van der Waals surface area (Å²) in [7, 11) is 0. The molecule has 0 bridgehead atoms. The molecule has 1 amide bonds. The van der Waals surface area contributed by atoms with E-state index in [0.717, 1.165) is 33.9 Å². The van der Waals surface area contributed by atoms with Crippen molar-refractivity contribution in [3.8, 4) is 6.07 Å². The van der Waals surface area contributed by atoms with Gasteiger partial charge in [0.1, 0.15) is 15.7 Å². The molecule has 0 aliphatic heterocycles. The lowest BCUT2D eigenvalue weighted by molar-refractivity contribution is -0.115. The fourth-order valence-electron chi connectivity index (χ4n) is 3.28. The monoisotopic (exact) mass is 394 g/mol. The van der Waals surface area contributed by atoms with E-state index in [1.54, 1.807) is 35.6 Å². The second-order valence-electron chi connectivity index (χ2n) is 6.56. The molecule has 1 aromatic carbocycles. The Morgan fingerprint density at radius 2 is 2.22 bits per heavy atom. The molecule has 27 heavy (non-hydrogen) atoms. The van der Waals surface area contributed by atoms with E-state index in [4.69, 9.17) is 5.26 Å². The third-order valence-electron chi connectivity index (χ3n) is 4.56. The molecule has 136 valence electrons. The van der Waals surface area contributed by atoms with E-state index in [1.165, 1.54) is 28.6 Å². The van der Waals surface area contributed by atoms with Crippen LogP contribution in [0.1, 0.15) is 35.2 Å². The zero-order valence-electron chi connectivity index (χ0n) is 15.1. The van der Waals surface area contributed by atoms with Crippen LogP contribution >= 0.6 is 23.1 Å². The number of thiophene rings is 1. The number of aromatic nitrogens is 2. The van der Waals surface area contributed by atoms with E-state index in [9.17, 15) is 4.79 Å². The van der Waals surface area contributed by atoms with Gasteiger partial charge in [0.2, 0.25) is 5.91 Å². The summed E-state index contributed by atoms with van der Waals surface area (Å²) in [6.45, 7) is 3.77. The van der Waals surface area contributed by atoms with Gasteiger partial charge in [0.15, 0.2) is 0 Å². The maximum Gasteiger partial charge on any atom is 0.237 e. The van der Waals surface area contributed by atoms with E-state index < -0.39 is 0 Å². The number of nitrogens with zero attached hydrogens (tertiary/aromatic N) is 3. The average molecular weight is 395 g/mol. The fraction of sp³-hybridized carbons (Fsp3) is 0.300. The van der Waals surface area contributed by atoms with Gasteiger partial charge in [-0.2, -0.15) is 5.26 Å². The lowest BCUT2D eigenvalue weighted by Crippen LogP contribution is -2.22. The maximum absolute atomic E-state index is 12.7. The van der Waals surface area contributed by atoms with Gasteiger partial charge in [-0.1, -0.05) is 17.8 Å². The summed E-state index contributed by atoms with van der Waals surface area (Å²) < 4.78 is 0. The van der Waals surface area contributed by atoms with Crippen molar-refractivity contribution in [1.82, 2.24) is 9.97 Å². The van der Waals surface area contributed by atoms with E-state index in [-0.39, 0.29) is 11.2 Å². The van der Waals surface area contributed by atoms with Crippen molar-refractivity contribution in [2.45, 2.75) is 43.4 Å². The third-order valence-corrected chi connectivity index (χ3v) is 6.83. The SMILES string of the molecule is Cc1nc(S[C@@H](C)C(=O)Nc2cccc(C#N)c2)c2c3c(sc2n1)CCC3. The zero-order valence-corrected chi connectivity index (χ0v) is 16.7. The van der Waals surface area contributed by atoms with Gasteiger partial charge in [0, 0.05) is 16.0 Å². The van der Waals surface area contributed by atoms with Crippen LogP contribution in [0.3, 0.4) is 0 Å². The van der Waals surface area contributed by atoms with Crippen molar-refractivity contribution in [3.05, 3.63) is 46.1 Å². The minimum Gasteiger partial charge on any atom is -0.325 e. The molecule has 2 aromatic heterocycles. The van der Waals surface area contributed by atoms with Crippen LogP contribution in [0.2, 0.25) is 0 Å². The number of aryl methyl sites for hydroxylation is 3. The Labute approximate surface area is 165 Å². The number of nitriles is 1. The summed E-state index contributed by atoms with van der Waals surface area (Å²) in [4.78, 5) is 24.3. The highest BCUT2D eigenvalue weighted by molar-refractivity contribution is 8.00. The van der Waals surface area contributed by atoms with Gasteiger partial charge in [0.25, 0.3) is 0 Å². The van der Waals surface area contributed by atoms with Gasteiger partial charge in [-0.3, -0.25) is 4.79 Å². The molecule has 1 aliphatic rings. The zero-order chi connectivity index (χ0) is 19.0. The molecule has 5 nitrogen and oxygen atoms in total. The molecular weight excluding hydrogens is 376 g/mol. The van der Waals surface area contributed by atoms with Crippen molar-refractivity contribution >= 4 is 44.9 Å². The first-order valence-electron chi connectivity index (χ1n) is 8.81. The Balaban J connectivity index is 1.58. The summed E-state index contributed by atoms with van der Waals surface area (Å²) in [5.74, 6) is 0.630.